The van der Waals surface area contributed by atoms with Crippen molar-refractivity contribution in [3.05, 3.63) is 65.2 Å². The minimum absolute atomic E-state index is 0.0205. The molecule has 1 atom stereocenters. The third kappa shape index (κ3) is 3.78. The van der Waals surface area contributed by atoms with E-state index < -0.39 is 17.7 Å². The second-order valence-corrected chi connectivity index (χ2v) is 7.98. The molecule has 31 heavy (non-hydrogen) atoms. The highest BCUT2D eigenvalue weighted by atomic mass is 16.5. The molecule has 2 aliphatic rings. The molecule has 1 unspecified atom stereocenters. The minimum Gasteiger partial charge on any atom is -0.507 e. The van der Waals surface area contributed by atoms with Crippen LogP contribution in [-0.2, 0) is 9.59 Å². The molecule has 0 radical (unpaired) electrons. The Balaban J connectivity index is 1.90. The van der Waals surface area contributed by atoms with Crippen molar-refractivity contribution in [1.29, 1.82) is 0 Å². The highest BCUT2D eigenvalue weighted by molar-refractivity contribution is 6.46. The van der Waals surface area contributed by atoms with Crippen LogP contribution in [0.3, 0.4) is 0 Å². The lowest BCUT2D eigenvalue weighted by atomic mass is 9.91. The topological polar surface area (TPSA) is 76.1 Å². The maximum Gasteiger partial charge on any atom is 0.295 e. The molecule has 6 nitrogen and oxygen atoms in total. The summed E-state index contributed by atoms with van der Waals surface area (Å²) in [4.78, 5) is 28.1. The Morgan fingerprint density at radius 1 is 0.968 bits per heavy atom. The summed E-state index contributed by atoms with van der Waals surface area (Å²) < 4.78 is 10.7. The number of Topliss-reactive ketones (excluding diaryl/α,β-unsaturated/α-hetero) is 1. The van der Waals surface area contributed by atoms with Gasteiger partial charge in [-0.15, -0.1) is 0 Å². The summed E-state index contributed by atoms with van der Waals surface area (Å²) >= 11 is 0. The standard InChI is InChI=1S/C25H27NO5/c1-30-18-13-14-20(31-2)19(15-18)23(27)21-22(16-9-5-3-6-10-16)26(25(29)24(21)28)17-11-7-4-8-12-17/h3,5-6,9-10,13-15,17,22,27H,4,7-8,11-12H2,1-2H3/b23-21+. The van der Waals surface area contributed by atoms with Crippen molar-refractivity contribution in [1.82, 2.24) is 4.90 Å². The smallest absolute Gasteiger partial charge is 0.295 e. The van der Waals surface area contributed by atoms with Gasteiger partial charge in [0.15, 0.2) is 0 Å². The fourth-order valence-corrected chi connectivity index (χ4v) is 4.69. The van der Waals surface area contributed by atoms with Gasteiger partial charge in [-0.3, -0.25) is 9.59 Å². The SMILES string of the molecule is COc1ccc(OC)c(/C(O)=C2\C(=O)C(=O)N(C3CCCCC3)C2c2ccccc2)c1. The lowest BCUT2D eigenvalue weighted by Gasteiger charge is -2.35. The van der Waals surface area contributed by atoms with Crippen molar-refractivity contribution >= 4 is 17.4 Å². The van der Waals surface area contributed by atoms with E-state index in [-0.39, 0.29) is 17.4 Å². The zero-order valence-corrected chi connectivity index (χ0v) is 17.8. The fourth-order valence-electron chi connectivity index (χ4n) is 4.69. The Hall–Kier alpha value is -3.28. The van der Waals surface area contributed by atoms with E-state index in [0.717, 1.165) is 37.7 Å². The number of ether oxygens (including phenoxy) is 2. The number of ketones is 1. The molecule has 6 heteroatoms. The molecule has 0 aromatic heterocycles. The highest BCUT2D eigenvalue weighted by Crippen LogP contribution is 2.44. The van der Waals surface area contributed by atoms with Crippen LogP contribution in [0.5, 0.6) is 11.5 Å². The average molecular weight is 421 g/mol. The van der Waals surface area contributed by atoms with Gasteiger partial charge in [-0.1, -0.05) is 49.6 Å². The Labute approximate surface area is 182 Å². The van der Waals surface area contributed by atoms with Gasteiger partial charge in [0, 0.05) is 6.04 Å². The highest BCUT2D eigenvalue weighted by Gasteiger charge is 2.49. The van der Waals surface area contributed by atoms with E-state index >= 15 is 0 Å². The summed E-state index contributed by atoms with van der Waals surface area (Å²) in [6.45, 7) is 0. The largest absolute Gasteiger partial charge is 0.507 e. The van der Waals surface area contributed by atoms with Gasteiger partial charge in [-0.2, -0.15) is 0 Å². The number of carbonyl (C=O) groups is 2. The predicted octanol–water partition coefficient (Wildman–Crippen LogP) is 4.46. The van der Waals surface area contributed by atoms with Crippen LogP contribution >= 0.6 is 0 Å². The molecule has 1 N–H and O–H groups in total. The number of aliphatic hydroxyl groups excluding tert-OH is 1. The molecule has 1 saturated carbocycles. The summed E-state index contributed by atoms with van der Waals surface area (Å²) in [5.74, 6) is -0.554. The van der Waals surface area contributed by atoms with Crippen molar-refractivity contribution in [3.63, 3.8) is 0 Å². The van der Waals surface area contributed by atoms with Gasteiger partial charge in [0.25, 0.3) is 11.7 Å². The molecule has 1 aliphatic heterocycles. The number of rotatable bonds is 5. The molecule has 2 aromatic carbocycles. The van der Waals surface area contributed by atoms with Gasteiger partial charge < -0.3 is 19.5 Å². The zero-order chi connectivity index (χ0) is 22.0. The molecule has 2 fully saturated rings. The van der Waals surface area contributed by atoms with E-state index in [1.54, 1.807) is 23.1 Å². The van der Waals surface area contributed by atoms with Gasteiger partial charge in [-0.25, -0.2) is 0 Å². The summed E-state index contributed by atoms with van der Waals surface area (Å²) in [6.07, 6.45) is 4.91. The molecule has 0 bridgehead atoms. The number of amides is 1. The molecular weight excluding hydrogens is 394 g/mol. The Bertz CT molecular complexity index is 1010. The quantitative estimate of drug-likeness (QED) is 0.438. The van der Waals surface area contributed by atoms with Gasteiger partial charge in [0.1, 0.15) is 17.3 Å². The number of likely N-dealkylation sites (tertiary alicyclic amines) is 1. The Morgan fingerprint density at radius 2 is 1.68 bits per heavy atom. The summed E-state index contributed by atoms with van der Waals surface area (Å²) in [6, 6.07) is 13.8. The number of hydrogen-bond donors (Lipinski definition) is 1. The van der Waals surface area contributed by atoms with Crippen LogP contribution in [0.4, 0.5) is 0 Å². The van der Waals surface area contributed by atoms with Gasteiger partial charge in [-0.05, 0) is 36.6 Å². The number of hydrogen-bond acceptors (Lipinski definition) is 5. The van der Waals surface area contributed by atoms with Gasteiger partial charge in [0.2, 0.25) is 0 Å². The van der Waals surface area contributed by atoms with Crippen molar-refractivity contribution in [3.8, 4) is 11.5 Å². The van der Waals surface area contributed by atoms with Crippen LogP contribution < -0.4 is 9.47 Å². The molecule has 0 spiro atoms. The third-order valence-corrected chi connectivity index (χ3v) is 6.23. The minimum atomic E-state index is -0.665. The maximum atomic E-state index is 13.2. The van der Waals surface area contributed by atoms with Crippen LogP contribution in [0.25, 0.3) is 5.76 Å². The van der Waals surface area contributed by atoms with Gasteiger partial charge in [0.05, 0.1) is 31.4 Å². The molecular formula is C25H27NO5. The maximum absolute atomic E-state index is 13.2. The van der Waals surface area contributed by atoms with E-state index in [0.29, 0.717) is 17.1 Å². The summed E-state index contributed by atoms with van der Waals surface area (Å²) in [5.41, 5.74) is 1.22. The average Bonchev–Trinajstić information content (AvgIpc) is 3.09. The van der Waals surface area contributed by atoms with Crippen molar-refractivity contribution in [2.45, 2.75) is 44.2 Å². The van der Waals surface area contributed by atoms with E-state index in [2.05, 4.69) is 0 Å². The summed E-state index contributed by atoms with van der Waals surface area (Å²) in [7, 11) is 3.02. The Kier molecular flexibility index (Phi) is 5.98. The first kappa shape index (κ1) is 21.0. The second kappa shape index (κ2) is 8.84. The molecule has 162 valence electrons. The van der Waals surface area contributed by atoms with E-state index in [4.69, 9.17) is 9.47 Å². The number of carbonyl (C=O) groups excluding carboxylic acids is 2. The number of benzene rings is 2. The number of nitrogens with zero attached hydrogens (tertiary/aromatic N) is 1. The van der Waals surface area contributed by atoms with Crippen LogP contribution in [0.1, 0.15) is 49.3 Å². The monoisotopic (exact) mass is 421 g/mol. The van der Waals surface area contributed by atoms with Crippen molar-refractivity contribution in [2.75, 3.05) is 14.2 Å². The van der Waals surface area contributed by atoms with Crippen LogP contribution in [0.2, 0.25) is 0 Å². The predicted molar refractivity (Wildman–Crippen MR) is 117 cm³/mol. The van der Waals surface area contributed by atoms with Crippen LogP contribution in [-0.4, -0.2) is 42.0 Å². The van der Waals surface area contributed by atoms with Crippen molar-refractivity contribution in [2.24, 2.45) is 0 Å². The molecule has 2 aromatic rings. The fraction of sp³-hybridized carbons (Fsp3) is 0.360. The van der Waals surface area contributed by atoms with Gasteiger partial charge >= 0.3 is 0 Å². The van der Waals surface area contributed by atoms with Crippen LogP contribution in [0.15, 0.2) is 54.1 Å². The number of aliphatic hydroxyl groups is 1. The van der Waals surface area contributed by atoms with Crippen LogP contribution in [0, 0.1) is 0 Å². The molecule has 1 aliphatic carbocycles. The molecule has 4 rings (SSSR count). The lowest BCUT2D eigenvalue weighted by molar-refractivity contribution is -0.141. The number of methoxy groups -OCH3 is 2. The van der Waals surface area contributed by atoms with E-state index in [9.17, 15) is 14.7 Å². The molecule has 1 saturated heterocycles. The Morgan fingerprint density at radius 3 is 2.32 bits per heavy atom. The zero-order valence-electron chi connectivity index (χ0n) is 17.8. The van der Waals surface area contributed by atoms with E-state index in [1.165, 1.54) is 14.2 Å². The van der Waals surface area contributed by atoms with Crippen molar-refractivity contribution < 1.29 is 24.2 Å². The third-order valence-electron chi connectivity index (χ3n) is 6.23. The first-order chi connectivity index (χ1) is 15.1. The van der Waals surface area contributed by atoms with E-state index in [1.807, 2.05) is 30.3 Å². The summed E-state index contributed by atoms with van der Waals surface area (Å²) in [5, 5.41) is 11.3. The first-order valence-corrected chi connectivity index (χ1v) is 10.6. The second-order valence-electron chi connectivity index (χ2n) is 7.98. The lowest BCUT2D eigenvalue weighted by Crippen LogP contribution is -2.40. The molecule has 1 heterocycles. The molecule has 1 amide bonds. The first-order valence-electron chi connectivity index (χ1n) is 10.6. The normalized spacial score (nSPS) is 21.4.